The molecule has 0 saturated carbocycles. The number of benzene rings is 4. The van der Waals surface area contributed by atoms with E-state index in [1.165, 1.54) is 44.5 Å². The third-order valence-electron chi connectivity index (χ3n) is 17.1. The van der Waals surface area contributed by atoms with Gasteiger partial charge in [-0.3, -0.25) is 19.2 Å². The summed E-state index contributed by atoms with van der Waals surface area (Å²) in [6.07, 6.45) is 14.4. The molecule has 85 heavy (non-hydrogen) atoms. The number of amides is 4. The summed E-state index contributed by atoms with van der Waals surface area (Å²) < 4.78 is 0. The van der Waals surface area contributed by atoms with Gasteiger partial charge in [-0.05, 0) is 139 Å². The highest BCUT2D eigenvalue weighted by Crippen LogP contribution is 2.32. The van der Waals surface area contributed by atoms with Gasteiger partial charge in [-0.25, -0.2) is 0 Å². The first kappa shape index (κ1) is 70.1. The zero-order chi connectivity index (χ0) is 61.7. The number of carbonyl (C=O) groups excluding carboxylic acids is 4. The Kier molecular flexibility index (Phi) is 31.2. The molecule has 0 unspecified atom stereocenters. The molecule has 4 N–H and O–H groups in total. The van der Waals surface area contributed by atoms with Gasteiger partial charge in [0.1, 0.15) is 0 Å². The maximum Gasteiger partial charge on any atom is 0.246 e. The number of allylic oxidation sites excluding steroid dienone is 1. The van der Waals surface area contributed by atoms with Crippen LogP contribution >= 0.6 is 0 Å². The van der Waals surface area contributed by atoms with Crippen molar-refractivity contribution in [1.29, 1.82) is 0 Å². The molecule has 0 radical (unpaired) electrons. The Bertz CT molecular complexity index is 2620. The smallest absolute Gasteiger partial charge is 0.246 e. The van der Waals surface area contributed by atoms with Gasteiger partial charge in [-0.15, -0.1) is 0 Å². The molecule has 0 aromatic heterocycles. The third-order valence-corrected chi connectivity index (χ3v) is 17.1. The van der Waals surface area contributed by atoms with E-state index in [0.717, 1.165) is 136 Å². The summed E-state index contributed by atoms with van der Waals surface area (Å²) in [6.45, 7) is 35.8. The van der Waals surface area contributed by atoms with Crippen LogP contribution in [-0.2, 0) is 45.4 Å². The van der Waals surface area contributed by atoms with Gasteiger partial charge in [0.25, 0.3) is 0 Å². The van der Waals surface area contributed by atoms with E-state index >= 15 is 0 Å². The van der Waals surface area contributed by atoms with Gasteiger partial charge in [-0.1, -0.05) is 172 Å². The van der Waals surface area contributed by atoms with Gasteiger partial charge < -0.3 is 40.9 Å². The Morgan fingerprint density at radius 3 is 0.976 bits per heavy atom. The Labute approximate surface area is 515 Å². The van der Waals surface area contributed by atoms with E-state index in [4.69, 9.17) is 0 Å². The summed E-state index contributed by atoms with van der Waals surface area (Å²) in [6, 6.07) is 37.7. The van der Waals surface area contributed by atoms with E-state index in [1.807, 2.05) is 39.5 Å². The molecule has 8 rings (SSSR count). The monoisotopic (exact) mass is 1160 g/mol. The van der Waals surface area contributed by atoms with Gasteiger partial charge in [-0.2, -0.15) is 0 Å². The lowest BCUT2D eigenvalue weighted by Crippen LogP contribution is -2.37. The normalized spacial score (nSPS) is 16.5. The molecule has 4 aliphatic heterocycles. The lowest BCUT2D eigenvalue weighted by molar-refractivity contribution is -0.132. The largest absolute Gasteiger partial charge is 0.343 e. The van der Waals surface area contributed by atoms with Crippen molar-refractivity contribution in [3.63, 3.8) is 0 Å². The van der Waals surface area contributed by atoms with E-state index in [-0.39, 0.29) is 11.8 Å². The molecule has 4 fully saturated rings. The number of likely N-dealkylation sites (tertiary alicyclic amines) is 4. The minimum atomic E-state index is 0.149. The SMILES string of the molecule is C/C=C/C(=O)N1CCC(c2cccc(CNC(C)C)c2)CC1.CC(=O)N1CCC(c2cccc(CNC(C)C)c2)CC1.CCC(=O)N1CCC(c2cccc(CNC(C)C)c2)CC1.CCCC(=O)N1CCC(c2cccc(CNC(C)C)c2)CC1. The quantitative estimate of drug-likeness (QED) is 0.0644. The number of rotatable bonds is 20. The van der Waals surface area contributed by atoms with Gasteiger partial charge in [0.05, 0.1) is 0 Å². The molecule has 4 aromatic carbocycles. The van der Waals surface area contributed by atoms with Crippen molar-refractivity contribution in [2.45, 2.75) is 228 Å². The average molecular weight is 1170 g/mol. The highest BCUT2D eigenvalue weighted by atomic mass is 16.2. The highest BCUT2D eigenvalue weighted by molar-refractivity contribution is 5.87. The van der Waals surface area contributed by atoms with Crippen LogP contribution in [0.3, 0.4) is 0 Å². The Morgan fingerprint density at radius 2 is 0.718 bits per heavy atom. The highest BCUT2D eigenvalue weighted by Gasteiger charge is 2.27. The number of carbonyl (C=O) groups is 4. The van der Waals surface area contributed by atoms with Crippen molar-refractivity contribution in [1.82, 2.24) is 40.9 Å². The Balaban J connectivity index is 0.000000207. The molecular weight excluding hydrogens is 1050 g/mol. The van der Waals surface area contributed by atoms with E-state index in [2.05, 4.69) is 181 Å². The molecule has 0 spiro atoms. The van der Waals surface area contributed by atoms with Crippen LogP contribution in [0.25, 0.3) is 0 Å². The second kappa shape index (κ2) is 37.8. The molecule has 0 aliphatic carbocycles. The first-order valence-electron chi connectivity index (χ1n) is 32.9. The maximum absolute atomic E-state index is 12.0. The molecule has 4 amide bonds. The molecule has 4 aromatic rings. The van der Waals surface area contributed by atoms with Crippen LogP contribution in [0.2, 0.25) is 0 Å². The predicted octanol–water partition coefficient (Wildman–Crippen LogP) is 13.4. The number of hydrogen-bond donors (Lipinski definition) is 4. The Morgan fingerprint density at radius 1 is 0.435 bits per heavy atom. The van der Waals surface area contributed by atoms with Crippen LogP contribution in [-0.4, -0.2) is 120 Å². The Hall–Kier alpha value is -5.66. The second-order valence-corrected chi connectivity index (χ2v) is 25.4. The second-order valence-electron chi connectivity index (χ2n) is 25.4. The summed E-state index contributed by atoms with van der Waals surface area (Å²) in [5.41, 5.74) is 11.1. The van der Waals surface area contributed by atoms with E-state index < -0.39 is 0 Å². The topological polar surface area (TPSA) is 129 Å². The van der Waals surface area contributed by atoms with Crippen LogP contribution in [0.1, 0.15) is 222 Å². The van der Waals surface area contributed by atoms with Crippen LogP contribution in [0.15, 0.2) is 109 Å². The van der Waals surface area contributed by atoms with Gasteiger partial charge in [0.15, 0.2) is 0 Å². The molecule has 12 nitrogen and oxygen atoms in total. The lowest BCUT2D eigenvalue weighted by Gasteiger charge is -2.32. The molecular formula is C73H112N8O4. The fraction of sp³-hybridized carbons (Fsp3) is 0.589. The zero-order valence-electron chi connectivity index (χ0n) is 54.7. The molecule has 4 heterocycles. The van der Waals surface area contributed by atoms with Crippen molar-refractivity contribution in [3.05, 3.63) is 154 Å². The number of hydrogen-bond acceptors (Lipinski definition) is 8. The standard InChI is InChI=1S/C19H30N2O.C19H28N2O.C18H28N2O.C17H26N2O/c2*1-4-6-19(22)21-11-9-17(10-12-21)18-8-5-7-16(13-18)14-20-15(2)3;1-4-18(21)20-10-8-16(9-11-20)17-7-5-6-15(12-17)13-19-14(2)3;1-13(2)18-12-15-5-4-6-17(11-15)16-7-9-19(10-8-16)14(3)20/h5,7-8,13,15,17,20H,4,6,9-12,14H2,1-3H3;4-8,13,15,17,20H,9-12,14H2,1-3H3;5-7,12,14,16,19H,4,8-11,13H2,1-3H3;4-6,11,13,16,18H,7-10,12H2,1-3H3/b;6-4+;;. The average Bonchev–Trinajstić information content (AvgIpc) is 3.72. The summed E-state index contributed by atoms with van der Waals surface area (Å²) in [5.74, 6) is 3.36. The number of nitrogens with zero attached hydrogens (tertiary/aromatic N) is 4. The molecule has 4 saturated heterocycles. The fourth-order valence-corrected chi connectivity index (χ4v) is 11.8. The van der Waals surface area contributed by atoms with Gasteiger partial charge in [0.2, 0.25) is 23.6 Å². The summed E-state index contributed by atoms with van der Waals surface area (Å²) in [5, 5.41) is 13.9. The molecule has 12 heteroatoms. The van der Waals surface area contributed by atoms with Crippen LogP contribution in [0, 0.1) is 0 Å². The molecule has 468 valence electrons. The minimum absolute atomic E-state index is 0.149. The first-order valence-corrected chi connectivity index (χ1v) is 32.9. The van der Waals surface area contributed by atoms with Crippen molar-refractivity contribution in [2.75, 3.05) is 52.4 Å². The van der Waals surface area contributed by atoms with Crippen molar-refractivity contribution < 1.29 is 19.2 Å². The maximum atomic E-state index is 12.0. The van der Waals surface area contributed by atoms with Crippen LogP contribution in [0.4, 0.5) is 0 Å². The van der Waals surface area contributed by atoms with Crippen LogP contribution in [0.5, 0.6) is 0 Å². The number of nitrogens with one attached hydrogen (secondary N) is 4. The van der Waals surface area contributed by atoms with Crippen LogP contribution < -0.4 is 21.3 Å². The van der Waals surface area contributed by atoms with Gasteiger partial charge >= 0.3 is 0 Å². The number of piperidine rings is 4. The van der Waals surface area contributed by atoms with Crippen molar-refractivity contribution in [2.24, 2.45) is 0 Å². The molecule has 0 bridgehead atoms. The van der Waals surface area contributed by atoms with E-state index in [0.29, 0.717) is 72.5 Å². The zero-order valence-corrected chi connectivity index (χ0v) is 54.7. The van der Waals surface area contributed by atoms with Crippen molar-refractivity contribution >= 4 is 23.6 Å². The van der Waals surface area contributed by atoms with Gasteiger partial charge in [0, 0.05) is 122 Å². The van der Waals surface area contributed by atoms with E-state index in [1.54, 1.807) is 13.0 Å². The third kappa shape index (κ3) is 25.3. The first-order chi connectivity index (χ1) is 40.8. The molecule has 4 aliphatic rings. The summed E-state index contributed by atoms with van der Waals surface area (Å²) in [7, 11) is 0. The lowest BCUT2D eigenvalue weighted by atomic mass is 9.88. The summed E-state index contributed by atoms with van der Waals surface area (Å²) in [4.78, 5) is 54.9. The molecule has 0 atom stereocenters. The predicted molar refractivity (Wildman–Crippen MR) is 354 cm³/mol. The van der Waals surface area contributed by atoms with E-state index in [9.17, 15) is 19.2 Å². The summed E-state index contributed by atoms with van der Waals surface area (Å²) >= 11 is 0. The minimum Gasteiger partial charge on any atom is -0.343 e. The fourth-order valence-electron chi connectivity index (χ4n) is 11.8. The van der Waals surface area contributed by atoms with Crippen molar-refractivity contribution in [3.8, 4) is 0 Å².